The normalized spacial score (nSPS) is 10.6. The van der Waals surface area contributed by atoms with Crippen molar-refractivity contribution < 1.29 is 4.74 Å². The van der Waals surface area contributed by atoms with Crippen LogP contribution in [0.4, 0.5) is 5.69 Å². The van der Waals surface area contributed by atoms with Crippen LogP contribution in [-0.4, -0.2) is 7.11 Å². The molecule has 2 aromatic carbocycles. The zero-order valence-electron chi connectivity index (χ0n) is 9.76. The lowest BCUT2D eigenvalue weighted by Crippen LogP contribution is -1.90. The van der Waals surface area contributed by atoms with Crippen LogP contribution in [0.2, 0.25) is 0 Å². The maximum absolute atomic E-state index is 5.71. The highest BCUT2D eigenvalue weighted by Gasteiger charge is 1.99. The average Bonchev–Trinajstić information content (AvgIpc) is 2.38. The Morgan fingerprint density at radius 2 is 1.76 bits per heavy atom. The van der Waals surface area contributed by atoms with E-state index in [1.165, 1.54) is 0 Å². The lowest BCUT2D eigenvalue weighted by atomic mass is 10.1. The molecule has 86 valence electrons. The predicted molar refractivity (Wildman–Crippen MR) is 72.8 cm³/mol. The van der Waals surface area contributed by atoms with Gasteiger partial charge in [-0.3, -0.25) is 0 Å². The van der Waals surface area contributed by atoms with Crippen LogP contribution in [-0.2, 0) is 0 Å². The van der Waals surface area contributed by atoms with Crippen molar-refractivity contribution >= 4 is 17.8 Å². The topological polar surface area (TPSA) is 35.2 Å². The van der Waals surface area contributed by atoms with E-state index >= 15 is 0 Å². The van der Waals surface area contributed by atoms with Gasteiger partial charge in [-0.25, -0.2) is 0 Å². The third-order valence-corrected chi connectivity index (χ3v) is 2.51. The van der Waals surface area contributed by atoms with E-state index in [9.17, 15) is 0 Å². The molecule has 0 unspecified atom stereocenters. The maximum atomic E-state index is 5.71. The molecule has 2 aromatic rings. The molecular formula is C15H15NO. The molecule has 0 fully saturated rings. The highest BCUT2D eigenvalue weighted by molar-refractivity contribution is 5.73. The standard InChI is InChI=1S/C15H15NO/c1-17-15-11-14(16)10-9-13(15)8-7-12-5-3-2-4-6-12/h2-11H,16H2,1H3/b8-7+. The van der Waals surface area contributed by atoms with Gasteiger partial charge in [0.05, 0.1) is 7.11 Å². The van der Waals surface area contributed by atoms with E-state index in [1.54, 1.807) is 7.11 Å². The lowest BCUT2D eigenvalue weighted by Gasteiger charge is -2.05. The Balaban J connectivity index is 2.27. The molecular weight excluding hydrogens is 210 g/mol. The van der Waals surface area contributed by atoms with Gasteiger partial charge < -0.3 is 10.5 Å². The predicted octanol–water partition coefficient (Wildman–Crippen LogP) is 3.45. The molecule has 0 saturated carbocycles. The summed E-state index contributed by atoms with van der Waals surface area (Å²) in [6.07, 6.45) is 4.07. The molecule has 0 aliphatic carbocycles. The number of benzene rings is 2. The van der Waals surface area contributed by atoms with E-state index in [2.05, 4.69) is 12.1 Å². The zero-order chi connectivity index (χ0) is 12.1. The zero-order valence-corrected chi connectivity index (χ0v) is 9.76. The second-order valence-electron chi connectivity index (χ2n) is 3.75. The molecule has 0 aromatic heterocycles. The molecule has 2 rings (SSSR count). The van der Waals surface area contributed by atoms with Gasteiger partial charge in [-0.05, 0) is 17.7 Å². The molecule has 2 nitrogen and oxygen atoms in total. The first-order chi connectivity index (χ1) is 8.29. The first-order valence-corrected chi connectivity index (χ1v) is 5.46. The van der Waals surface area contributed by atoms with Gasteiger partial charge in [0.2, 0.25) is 0 Å². The molecule has 0 aliphatic heterocycles. The molecule has 0 saturated heterocycles. The first-order valence-electron chi connectivity index (χ1n) is 5.46. The molecule has 2 heteroatoms. The average molecular weight is 225 g/mol. The van der Waals surface area contributed by atoms with Gasteiger partial charge in [-0.2, -0.15) is 0 Å². The third kappa shape index (κ3) is 2.88. The lowest BCUT2D eigenvalue weighted by molar-refractivity contribution is 0.414. The first kappa shape index (κ1) is 11.3. The minimum atomic E-state index is 0.707. The number of nitrogens with two attached hydrogens (primary N) is 1. The van der Waals surface area contributed by atoms with E-state index in [-0.39, 0.29) is 0 Å². The van der Waals surface area contributed by atoms with Crippen molar-refractivity contribution in [2.75, 3.05) is 12.8 Å². The van der Waals surface area contributed by atoms with E-state index in [0.717, 1.165) is 16.9 Å². The number of hydrogen-bond donors (Lipinski definition) is 1. The molecule has 2 N–H and O–H groups in total. The Labute approximate surface area is 101 Å². The fraction of sp³-hybridized carbons (Fsp3) is 0.0667. The Morgan fingerprint density at radius 3 is 2.47 bits per heavy atom. The van der Waals surface area contributed by atoms with Crippen LogP contribution >= 0.6 is 0 Å². The fourth-order valence-corrected chi connectivity index (χ4v) is 1.62. The van der Waals surface area contributed by atoms with Crippen LogP contribution in [0.3, 0.4) is 0 Å². The van der Waals surface area contributed by atoms with Crippen LogP contribution in [0.25, 0.3) is 12.2 Å². The van der Waals surface area contributed by atoms with Crippen molar-refractivity contribution in [3.63, 3.8) is 0 Å². The molecule has 0 heterocycles. The molecule has 17 heavy (non-hydrogen) atoms. The summed E-state index contributed by atoms with van der Waals surface area (Å²) in [6.45, 7) is 0. The third-order valence-electron chi connectivity index (χ3n) is 2.51. The fourth-order valence-electron chi connectivity index (χ4n) is 1.62. The summed E-state index contributed by atoms with van der Waals surface area (Å²) in [7, 11) is 1.65. The Morgan fingerprint density at radius 1 is 1.00 bits per heavy atom. The highest BCUT2D eigenvalue weighted by Crippen LogP contribution is 2.23. The van der Waals surface area contributed by atoms with Gasteiger partial charge in [0.15, 0.2) is 0 Å². The summed E-state index contributed by atoms with van der Waals surface area (Å²) >= 11 is 0. The molecule has 0 aliphatic rings. The highest BCUT2D eigenvalue weighted by atomic mass is 16.5. The van der Waals surface area contributed by atoms with Crippen molar-refractivity contribution in [2.24, 2.45) is 0 Å². The minimum absolute atomic E-state index is 0.707. The minimum Gasteiger partial charge on any atom is -0.496 e. The van der Waals surface area contributed by atoms with Crippen molar-refractivity contribution in [1.29, 1.82) is 0 Å². The second kappa shape index (κ2) is 5.21. The number of rotatable bonds is 3. The van der Waals surface area contributed by atoms with Gasteiger partial charge in [0, 0.05) is 17.3 Å². The summed E-state index contributed by atoms with van der Waals surface area (Å²) in [5.74, 6) is 0.789. The SMILES string of the molecule is COc1cc(N)ccc1/C=C/c1ccccc1. The Hall–Kier alpha value is -2.22. The van der Waals surface area contributed by atoms with Crippen molar-refractivity contribution in [2.45, 2.75) is 0 Å². The smallest absolute Gasteiger partial charge is 0.128 e. The van der Waals surface area contributed by atoms with E-state index < -0.39 is 0 Å². The monoisotopic (exact) mass is 225 g/mol. The molecule has 0 amide bonds. The largest absolute Gasteiger partial charge is 0.496 e. The summed E-state index contributed by atoms with van der Waals surface area (Å²) in [4.78, 5) is 0. The van der Waals surface area contributed by atoms with Crippen LogP contribution in [0.5, 0.6) is 5.75 Å². The van der Waals surface area contributed by atoms with Gasteiger partial charge in [0.25, 0.3) is 0 Å². The van der Waals surface area contributed by atoms with E-state index in [1.807, 2.05) is 48.6 Å². The van der Waals surface area contributed by atoms with Crippen molar-refractivity contribution in [3.8, 4) is 5.75 Å². The van der Waals surface area contributed by atoms with Crippen LogP contribution in [0.15, 0.2) is 48.5 Å². The second-order valence-corrected chi connectivity index (χ2v) is 3.75. The number of anilines is 1. The van der Waals surface area contributed by atoms with Gasteiger partial charge in [0.1, 0.15) is 5.75 Å². The molecule has 0 bridgehead atoms. The number of nitrogen functional groups attached to an aromatic ring is 1. The molecule has 0 spiro atoms. The van der Waals surface area contributed by atoms with Crippen molar-refractivity contribution in [3.05, 3.63) is 59.7 Å². The Bertz CT molecular complexity index is 518. The Kier molecular flexibility index (Phi) is 3.46. The van der Waals surface area contributed by atoms with E-state index in [4.69, 9.17) is 10.5 Å². The quantitative estimate of drug-likeness (QED) is 0.641. The van der Waals surface area contributed by atoms with Crippen molar-refractivity contribution in [1.82, 2.24) is 0 Å². The van der Waals surface area contributed by atoms with Gasteiger partial charge >= 0.3 is 0 Å². The van der Waals surface area contributed by atoms with Gasteiger partial charge in [-0.1, -0.05) is 42.5 Å². The summed E-state index contributed by atoms with van der Waals surface area (Å²) in [5, 5.41) is 0. The maximum Gasteiger partial charge on any atom is 0.128 e. The number of hydrogen-bond acceptors (Lipinski definition) is 2. The summed E-state index contributed by atoms with van der Waals surface area (Å²) in [6, 6.07) is 15.8. The van der Waals surface area contributed by atoms with Crippen LogP contribution in [0.1, 0.15) is 11.1 Å². The summed E-state index contributed by atoms with van der Waals surface area (Å²) in [5.41, 5.74) is 8.59. The summed E-state index contributed by atoms with van der Waals surface area (Å²) < 4.78 is 5.28. The van der Waals surface area contributed by atoms with E-state index in [0.29, 0.717) is 5.69 Å². The molecule has 0 atom stereocenters. The number of ether oxygens (including phenoxy) is 1. The van der Waals surface area contributed by atoms with Gasteiger partial charge in [-0.15, -0.1) is 0 Å². The number of methoxy groups -OCH3 is 1. The molecule has 0 radical (unpaired) electrons. The van der Waals surface area contributed by atoms with Crippen LogP contribution < -0.4 is 10.5 Å². The van der Waals surface area contributed by atoms with Crippen LogP contribution in [0, 0.1) is 0 Å².